The molecule has 3 heterocycles. The maximum atomic E-state index is 12.9. The fourth-order valence-electron chi connectivity index (χ4n) is 5.91. The third-order valence-electron chi connectivity index (χ3n) is 7.62. The number of fused-ring (bicyclic) bond motifs is 1. The second-order valence-corrected chi connectivity index (χ2v) is 9.17. The second-order valence-electron chi connectivity index (χ2n) is 9.17. The number of rotatable bonds is 4. The summed E-state index contributed by atoms with van der Waals surface area (Å²) in [6.45, 7) is 4.35. The van der Waals surface area contributed by atoms with Crippen molar-refractivity contribution >= 4 is 11.9 Å². The molecular formula is C23H31N3O3. The Morgan fingerprint density at radius 2 is 2.00 bits per heavy atom. The van der Waals surface area contributed by atoms with Gasteiger partial charge in [-0.05, 0) is 49.7 Å². The van der Waals surface area contributed by atoms with Gasteiger partial charge < -0.3 is 19.9 Å². The topological polar surface area (TPSA) is 61.9 Å². The van der Waals surface area contributed by atoms with Crippen molar-refractivity contribution < 1.29 is 14.3 Å². The van der Waals surface area contributed by atoms with E-state index in [1.165, 1.54) is 19.3 Å². The van der Waals surface area contributed by atoms with E-state index in [1.807, 2.05) is 29.2 Å². The summed E-state index contributed by atoms with van der Waals surface area (Å²) in [7, 11) is 0. The van der Waals surface area contributed by atoms with Gasteiger partial charge in [0.2, 0.25) is 0 Å². The van der Waals surface area contributed by atoms with Crippen LogP contribution in [0, 0.1) is 11.3 Å². The van der Waals surface area contributed by atoms with Crippen LogP contribution >= 0.6 is 0 Å². The number of nitrogens with one attached hydrogen (secondary N) is 1. The molecule has 6 nitrogen and oxygen atoms in total. The lowest BCUT2D eigenvalue weighted by Crippen LogP contribution is -2.73. The minimum Gasteiger partial charge on any atom is -0.381 e. The average Bonchev–Trinajstić information content (AvgIpc) is 2.69. The third-order valence-corrected chi connectivity index (χ3v) is 7.62. The zero-order valence-corrected chi connectivity index (χ0v) is 17.1. The molecule has 5 rings (SSSR count). The summed E-state index contributed by atoms with van der Waals surface area (Å²) < 4.78 is 5.54. The molecule has 3 fully saturated rings. The quantitative estimate of drug-likeness (QED) is 0.850. The van der Waals surface area contributed by atoms with Crippen LogP contribution in [0.25, 0.3) is 0 Å². The van der Waals surface area contributed by atoms with Gasteiger partial charge in [-0.15, -0.1) is 0 Å². The average molecular weight is 398 g/mol. The first-order valence-electron chi connectivity index (χ1n) is 11.2. The Labute approximate surface area is 172 Å². The number of likely N-dealkylation sites (tertiary alicyclic amines) is 1. The van der Waals surface area contributed by atoms with Crippen molar-refractivity contribution in [1.29, 1.82) is 0 Å². The molecule has 0 aromatic heterocycles. The van der Waals surface area contributed by atoms with E-state index in [0.717, 1.165) is 56.7 Å². The lowest BCUT2D eigenvalue weighted by Gasteiger charge is -2.64. The predicted molar refractivity (Wildman–Crippen MR) is 110 cm³/mol. The Hall–Kier alpha value is -2.08. The van der Waals surface area contributed by atoms with Crippen molar-refractivity contribution in [1.82, 2.24) is 15.1 Å². The van der Waals surface area contributed by atoms with E-state index in [2.05, 4.69) is 10.2 Å². The van der Waals surface area contributed by atoms with Crippen molar-refractivity contribution in [2.24, 2.45) is 11.3 Å². The van der Waals surface area contributed by atoms with Crippen molar-refractivity contribution in [2.75, 3.05) is 39.4 Å². The summed E-state index contributed by atoms with van der Waals surface area (Å²) in [5.74, 6) is 0.655. The molecule has 1 saturated carbocycles. The number of amides is 3. The highest BCUT2D eigenvalue weighted by Crippen LogP contribution is 2.56. The fraction of sp³-hybridized carbons (Fsp3) is 0.652. The maximum Gasteiger partial charge on any atom is 0.317 e. The minimum atomic E-state index is 0.0453. The van der Waals surface area contributed by atoms with Crippen LogP contribution in [0.4, 0.5) is 4.79 Å². The van der Waals surface area contributed by atoms with Crippen LogP contribution in [-0.2, 0) is 11.2 Å². The highest BCUT2D eigenvalue weighted by molar-refractivity contribution is 5.96. The van der Waals surface area contributed by atoms with Gasteiger partial charge in [0.15, 0.2) is 0 Å². The van der Waals surface area contributed by atoms with Crippen LogP contribution in [0.3, 0.4) is 0 Å². The van der Waals surface area contributed by atoms with Gasteiger partial charge in [0.05, 0.1) is 0 Å². The van der Waals surface area contributed by atoms with E-state index in [4.69, 9.17) is 4.74 Å². The van der Waals surface area contributed by atoms with E-state index in [0.29, 0.717) is 30.5 Å². The summed E-state index contributed by atoms with van der Waals surface area (Å²) in [4.78, 5) is 29.5. The van der Waals surface area contributed by atoms with Crippen LogP contribution in [0.15, 0.2) is 24.3 Å². The van der Waals surface area contributed by atoms with E-state index >= 15 is 0 Å². The number of hydrogen-bond acceptors (Lipinski definition) is 3. The smallest absolute Gasteiger partial charge is 0.317 e. The largest absolute Gasteiger partial charge is 0.381 e. The molecule has 1 aromatic rings. The Morgan fingerprint density at radius 1 is 1.21 bits per heavy atom. The number of benzene rings is 1. The van der Waals surface area contributed by atoms with Gasteiger partial charge in [0.25, 0.3) is 5.91 Å². The summed E-state index contributed by atoms with van der Waals surface area (Å²) in [5.41, 5.74) is 2.31. The number of hydrogen-bond donors (Lipinski definition) is 1. The molecule has 1 aliphatic carbocycles. The molecule has 1 spiro atoms. The first-order valence-corrected chi connectivity index (χ1v) is 11.2. The Bertz CT molecular complexity index is 785. The van der Waals surface area contributed by atoms with E-state index in [1.54, 1.807) is 0 Å². The zero-order valence-electron chi connectivity index (χ0n) is 17.1. The summed E-state index contributed by atoms with van der Waals surface area (Å²) in [6, 6.07) is 8.26. The van der Waals surface area contributed by atoms with Gasteiger partial charge in [-0.2, -0.15) is 0 Å². The predicted octanol–water partition coefficient (Wildman–Crippen LogP) is 2.68. The van der Waals surface area contributed by atoms with Crippen LogP contribution < -0.4 is 5.32 Å². The molecule has 4 aliphatic rings. The van der Waals surface area contributed by atoms with Crippen molar-refractivity contribution in [3.63, 3.8) is 0 Å². The van der Waals surface area contributed by atoms with Crippen molar-refractivity contribution in [3.8, 4) is 0 Å². The molecule has 3 aliphatic heterocycles. The van der Waals surface area contributed by atoms with Crippen LogP contribution in [0.1, 0.15) is 48.0 Å². The van der Waals surface area contributed by atoms with Gasteiger partial charge in [-0.3, -0.25) is 4.79 Å². The summed E-state index contributed by atoms with van der Waals surface area (Å²) >= 11 is 0. The zero-order chi connectivity index (χ0) is 19.8. The lowest BCUT2D eigenvalue weighted by atomic mass is 9.54. The Kier molecular flexibility index (Phi) is 4.98. The number of carbonyl (C=O) groups is 2. The van der Waals surface area contributed by atoms with Crippen molar-refractivity contribution in [3.05, 3.63) is 35.4 Å². The molecule has 1 N–H and O–H groups in total. The number of carbonyl (C=O) groups excluding carboxylic acids is 2. The molecule has 1 unspecified atom stereocenters. The SMILES string of the molecule is O=C1c2ccccc2CCN1CCNC(=O)N1CC2(CCC2)C1C1CCOCC1. The van der Waals surface area contributed by atoms with Crippen molar-refractivity contribution in [2.45, 2.75) is 44.6 Å². The highest BCUT2D eigenvalue weighted by atomic mass is 16.5. The van der Waals surface area contributed by atoms with E-state index in [-0.39, 0.29) is 11.9 Å². The first-order chi connectivity index (χ1) is 14.2. The molecule has 0 radical (unpaired) electrons. The molecule has 2 saturated heterocycles. The Morgan fingerprint density at radius 3 is 2.76 bits per heavy atom. The molecule has 0 bridgehead atoms. The van der Waals surface area contributed by atoms with E-state index < -0.39 is 0 Å². The normalized spacial score (nSPS) is 25.9. The van der Waals surface area contributed by atoms with Gasteiger partial charge in [0.1, 0.15) is 0 Å². The maximum absolute atomic E-state index is 12.9. The third kappa shape index (κ3) is 3.31. The van der Waals surface area contributed by atoms with Gasteiger partial charge >= 0.3 is 6.03 Å². The summed E-state index contributed by atoms with van der Waals surface area (Å²) in [5, 5.41) is 3.09. The number of nitrogens with zero attached hydrogens (tertiary/aromatic N) is 2. The molecular weight excluding hydrogens is 366 g/mol. The van der Waals surface area contributed by atoms with Crippen LogP contribution in [0.5, 0.6) is 0 Å². The molecule has 156 valence electrons. The molecule has 1 aromatic carbocycles. The van der Waals surface area contributed by atoms with E-state index in [9.17, 15) is 9.59 Å². The molecule has 6 heteroatoms. The Balaban J connectivity index is 1.16. The summed E-state index contributed by atoms with van der Waals surface area (Å²) in [6.07, 6.45) is 6.85. The first kappa shape index (κ1) is 18.9. The van der Waals surface area contributed by atoms with Gasteiger partial charge in [-0.1, -0.05) is 24.6 Å². The van der Waals surface area contributed by atoms with Gasteiger partial charge in [0, 0.05) is 56.4 Å². The lowest BCUT2D eigenvalue weighted by molar-refractivity contribution is -0.137. The van der Waals surface area contributed by atoms with Gasteiger partial charge in [-0.25, -0.2) is 4.79 Å². The molecule has 29 heavy (non-hydrogen) atoms. The minimum absolute atomic E-state index is 0.0453. The van der Waals surface area contributed by atoms with Crippen LogP contribution in [-0.4, -0.2) is 67.2 Å². The number of ether oxygens (including phenoxy) is 1. The molecule has 1 atom stereocenters. The molecule has 3 amide bonds. The second kappa shape index (κ2) is 7.63. The number of urea groups is 1. The monoisotopic (exact) mass is 397 g/mol. The fourth-order valence-corrected chi connectivity index (χ4v) is 5.91. The van der Waals surface area contributed by atoms with Crippen LogP contribution in [0.2, 0.25) is 0 Å². The highest BCUT2D eigenvalue weighted by Gasteiger charge is 2.59. The standard InChI is InChI=1S/C23H31N3O3/c27-21-19-5-2-1-4-17(19)6-12-25(21)13-11-24-22(28)26-16-23(9-3-10-23)20(26)18-7-14-29-15-8-18/h1-2,4-5,18,20H,3,6-16H2,(H,24,28).